The maximum Gasteiger partial charge on any atom is 0.275 e. The van der Waals surface area contributed by atoms with Crippen LogP contribution in [-0.4, -0.2) is 30.1 Å². The fourth-order valence-corrected chi connectivity index (χ4v) is 2.85. The highest BCUT2D eigenvalue weighted by atomic mass is 19.1. The first-order valence-corrected chi connectivity index (χ1v) is 7.47. The summed E-state index contributed by atoms with van der Waals surface area (Å²) >= 11 is 0. The monoisotopic (exact) mass is 314 g/mol. The van der Waals surface area contributed by atoms with Crippen LogP contribution in [0.4, 0.5) is 4.39 Å². The van der Waals surface area contributed by atoms with Gasteiger partial charge in [-0.2, -0.15) is 4.39 Å². The highest BCUT2D eigenvalue weighted by molar-refractivity contribution is 5.93. The van der Waals surface area contributed by atoms with Crippen molar-refractivity contribution >= 4 is 11.6 Å². The van der Waals surface area contributed by atoms with Gasteiger partial charge >= 0.3 is 0 Å². The van der Waals surface area contributed by atoms with Gasteiger partial charge in [0, 0.05) is 19.2 Å². The Labute approximate surface area is 131 Å². The predicted octanol–water partition coefficient (Wildman–Crippen LogP) is 1.25. The van der Waals surface area contributed by atoms with Crippen molar-refractivity contribution in [2.45, 2.75) is 32.9 Å². The fourth-order valence-electron chi connectivity index (χ4n) is 2.85. The van der Waals surface area contributed by atoms with Crippen molar-refractivity contribution in [1.82, 2.24) is 29.5 Å². The predicted molar refractivity (Wildman–Crippen MR) is 79.4 cm³/mol. The van der Waals surface area contributed by atoms with Crippen LogP contribution in [0, 0.1) is 12.9 Å². The molecule has 0 saturated carbocycles. The molecule has 1 N–H and O–H groups in total. The highest BCUT2D eigenvalue weighted by Gasteiger charge is 2.21. The molecule has 0 bridgehead atoms. The molecule has 8 heteroatoms. The third kappa shape index (κ3) is 2.26. The maximum atomic E-state index is 14.3. The lowest BCUT2D eigenvalue weighted by Gasteiger charge is -2.04. The Morgan fingerprint density at radius 2 is 2.30 bits per heavy atom. The van der Waals surface area contributed by atoms with Crippen molar-refractivity contribution in [2.75, 3.05) is 0 Å². The van der Waals surface area contributed by atoms with Crippen LogP contribution in [0.15, 0.2) is 18.3 Å². The van der Waals surface area contributed by atoms with Crippen LogP contribution >= 0.6 is 0 Å². The van der Waals surface area contributed by atoms with Crippen LogP contribution < -0.4 is 5.32 Å². The summed E-state index contributed by atoms with van der Waals surface area (Å²) in [4.78, 5) is 16.3. The Hall–Kier alpha value is -2.77. The number of halogens is 1. The molecular weight excluding hydrogens is 299 g/mol. The molecule has 4 heterocycles. The first-order valence-electron chi connectivity index (χ1n) is 7.47. The average Bonchev–Trinajstić information content (AvgIpc) is 3.20. The van der Waals surface area contributed by atoms with Crippen LogP contribution in [0.5, 0.6) is 0 Å². The third-order valence-corrected chi connectivity index (χ3v) is 4.03. The highest BCUT2D eigenvalue weighted by Crippen LogP contribution is 2.15. The van der Waals surface area contributed by atoms with Crippen LogP contribution in [-0.2, 0) is 19.5 Å². The van der Waals surface area contributed by atoms with E-state index in [9.17, 15) is 9.18 Å². The van der Waals surface area contributed by atoms with E-state index < -0.39 is 11.9 Å². The second-order valence-corrected chi connectivity index (χ2v) is 5.65. The molecule has 0 unspecified atom stereocenters. The molecule has 0 radical (unpaired) electrons. The second kappa shape index (κ2) is 5.15. The van der Waals surface area contributed by atoms with Crippen LogP contribution in [0.25, 0.3) is 5.65 Å². The average molecular weight is 314 g/mol. The molecule has 3 aromatic heterocycles. The van der Waals surface area contributed by atoms with Crippen LogP contribution in [0.3, 0.4) is 0 Å². The number of aryl methyl sites for hydroxylation is 2. The number of nitrogens with one attached hydrogen (secondary N) is 1. The van der Waals surface area contributed by atoms with E-state index in [1.807, 2.05) is 11.5 Å². The van der Waals surface area contributed by atoms with Crippen molar-refractivity contribution < 1.29 is 9.18 Å². The first-order chi connectivity index (χ1) is 11.1. The van der Waals surface area contributed by atoms with Gasteiger partial charge in [0.2, 0.25) is 5.95 Å². The molecule has 3 aromatic rings. The Balaban J connectivity index is 1.56. The Morgan fingerprint density at radius 3 is 3.17 bits per heavy atom. The van der Waals surface area contributed by atoms with Crippen molar-refractivity contribution in [3.8, 4) is 0 Å². The zero-order valence-corrected chi connectivity index (χ0v) is 12.6. The standard InChI is InChI=1S/C15H15FN6O/c1-9-4-6-22-11(7-9)18-13(14(22)16)15(23)17-8-12-20-19-10-3-2-5-21(10)12/h4,6-7H,2-3,5,8H2,1H3,(H,17,23). The van der Waals surface area contributed by atoms with Crippen molar-refractivity contribution in [3.63, 3.8) is 0 Å². The minimum Gasteiger partial charge on any atom is -0.343 e. The number of pyridine rings is 1. The number of carbonyl (C=O) groups is 1. The van der Waals surface area contributed by atoms with E-state index in [0.29, 0.717) is 11.5 Å². The fraction of sp³-hybridized carbons (Fsp3) is 0.333. The summed E-state index contributed by atoms with van der Waals surface area (Å²) in [7, 11) is 0. The molecule has 0 fully saturated rings. The van der Waals surface area contributed by atoms with Gasteiger partial charge in [-0.15, -0.1) is 10.2 Å². The van der Waals surface area contributed by atoms with E-state index in [1.165, 1.54) is 4.40 Å². The van der Waals surface area contributed by atoms with Gasteiger partial charge in [-0.3, -0.25) is 9.20 Å². The maximum absolute atomic E-state index is 14.3. The minimum absolute atomic E-state index is 0.207. The summed E-state index contributed by atoms with van der Waals surface area (Å²) in [5.41, 5.74) is 1.15. The van der Waals surface area contributed by atoms with Crippen LogP contribution in [0.1, 0.15) is 34.1 Å². The number of aromatic nitrogens is 5. The molecule has 1 aliphatic rings. The summed E-state index contributed by atoms with van der Waals surface area (Å²) in [5.74, 6) is 0.401. The van der Waals surface area contributed by atoms with Gasteiger partial charge in [0.15, 0.2) is 11.5 Å². The zero-order chi connectivity index (χ0) is 16.0. The number of imidazole rings is 1. The number of rotatable bonds is 3. The Morgan fingerprint density at radius 1 is 1.43 bits per heavy atom. The lowest BCUT2D eigenvalue weighted by Crippen LogP contribution is -2.26. The normalized spacial score (nSPS) is 13.5. The van der Waals surface area contributed by atoms with Gasteiger partial charge in [0.05, 0.1) is 6.54 Å². The van der Waals surface area contributed by atoms with Crippen molar-refractivity contribution in [2.24, 2.45) is 0 Å². The Bertz CT molecular complexity index is 912. The number of hydrogen-bond acceptors (Lipinski definition) is 4. The van der Waals surface area contributed by atoms with Gasteiger partial charge < -0.3 is 9.88 Å². The second-order valence-electron chi connectivity index (χ2n) is 5.65. The summed E-state index contributed by atoms with van der Waals surface area (Å²) in [6.07, 6.45) is 3.50. The van der Waals surface area contributed by atoms with E-state index in [0.717, 1.165) is 30.8 Å². The number of carbonyl (C=O) groups excluding carboxylic acids is 1. The van der Waals surface area contributed by atoms with E-state index in [1.54, 1.807) is 18.3 Å². The number of nitrogens with zero attached hydrogens (tertiary/aromatic N) is 5. The zero-order valence-electron chi connectivity index (χ0n) is 12.6. The number of hydrogen-bond donors (Lipinski definition) is 1. The van der Waals surface area contributed by atoms with Crippen molar-refractivity contribution in [1.29, 1.82) is 0 Å². The molecule has 7 nitrogen and oxygen atoms in total. The number of fused-ring (bicyclic) bond motifs is 2. The molecule has 1 aliphatic heterocycles. The summed E-state index contributed by atoms with van der Waals surface area (Å²) in [5, 5.41) is 10.8. The third-order valence-electron chi connectivity index (χ3n) is 4.03. The van der Waals surface area contributed by atoms with Crippen molar-refractivity contribution in [3.05, 3.63) is 47.2 Å². The van der Waals surface area contributed by atoms with Gasteiger partial charge in [-0.25, -0.2) is 4.98 Å². The molecule has 0 atom stereocenters. The lowest BCUT2D eigenvalue weighted by molar-refractivity contribution is 0.0940. The topological polar surface area (TPSA) is 77.1 Å². The first kappa shape index (κ1) is 13.9. The molecule has 0 aliphatic carbocycles. The van der Waals surface area contributed by atoms with Gasteiger partial charge in [-0.1, -0.05) is 0 Å². The van der Waals surface area contributed by atoms with Gasteiger partial charge in [-0.05, 0) is 31.0 Å². The summed E-state index contributed by atoms with van der Waals surface area (Å²) in [6.45, 7) is 2.95. The van der Waals surface area contributed by atoms with Gasteiger partial charge in [0.1, 0.15) is 11.5 Å². The summed E-state index contributed by atoms with van der Waals surface area (Å²) < 4.78 is 17.6. The van der Waals surface area contributed by atoms with E-state index in [-0.39, 0.29) is 12.2 Å². The summed E-state index contributed by atoms with van der Waals surface area (Å²) in [6, 6.07) is 3.49. The van der Waals surface area contributed by atoms with Crippen LogP contribution in [0.2, 0.25) is 0 Å². The lowest BCUT2D eigenvalue weighted by atomic mass is 10.3. The molecule has 1 amide bonds. The minimum atomic E-state index is -0.663. The number of amides is 1. The molecule has 0 aromatic carbocycles. The van der Waals surface area contributed by atoms with Gasteiger partial charge in [0.25, 0.3) is 5.91 Å². The quantitative estimate of drug-likeness (QED) is 0.789. The SMILES string of the molecule is Cc1ccn2c(F)c(C(=O)NCc3nnc4n3CCC4)nc2c1. The van der Waals surface area contributed by atoms with E-state index >= 15 is 0 Å². The molecule has 0 spiro atoms. The molecule has 0 saturated heterocycles. The smallest absolute Gasteiger partial charge is 0.275 e. The molecule has 23 heavy (non-hydrogen) atoms. The van der Waals surface area contributed by atoms with E-state index in [2.05, 4.69) is 20.5 Å². The molecule has 118 valence electrons. The molecular formula is C15H15FN6O. The largest absolute Gasteiger partial charge is 0.343 e. The Kier molecular flexibility index (Phi) is 3.10. The van der Waals surface area contributed by atoms with E-state index in [4.69, 9.17) is 0 Å². The molecule has 4 rings (SSSR count).